The van der Waals surface area contributed by atoms with Crippen molar-refractivity contribution in [2.75, 3.05) is 31.2 Å². The number of carboxylic acids is 1. The third-order valence-electron chi connectivity index (χ3n) is 5.67. The molecule has 1 aromatic carbocycles. The summed E-state index contributed by atoms with van der Waals surface area (Å²) in [5, 5.41) is 15.4. The minimum absolute atomic E-state index is 0.0536. The molecule has 0 atom stereocenters. The molecule has 0 radical (unpaired) electrons. The maximum absolute atomic E-state index is 11.9. The molecule has 1 aliphatic rings. The number of hydrogen-bond donors (Lipinski definition) is 1. The van der Waals surface area contributed by atoms with Crippen LogP contribution in [-0.4, -0.2) is 62.1 Å². The number of carboxylic acid groups (broad SMARTS) is 1. The predicted molar refractivity (Wildman–Crippen MR) is 124 cm³/mol. The molecule has 0 bridgehead atoms. The van der Waals surface area contributed by atoms with E-state index in [9.17, 15) is 9.90 Å². The van der Waals surface area contributed by atoms with Crippen LogP contribution >= 0.6 is 0 Å². The molecule has 5 rings (SSSR count). The Morgan fingerprint density at radius 3 is 2.42 bits per heavy atom. The largest absolute Gasteiger partial charge is 0.477 e. The quantitative estimate of drug-likeness (QED) is 0.498. The van der Waals surface area contributed by atoms with E-state index in [4.69, 9.17) is 9.84 Å². The van der Waals surface area contributed by atoms with Crippen LogP contribution in [-0.2, 0) is 4.74 Å². The van der Waals surface area contributed by atoms with Gasteiger partial charge in [-0.1, -0.05) is 32.0 Å². The van der Waals surface area contributed by atoms with Crippen LogP contribution in [0.2, 0.25) is 0 Å². The summed E-state index contributed by atoms with van der Waals surface area (Å²) in [6.07, 6.45) is 3.48. The van der Waals surface area contributed by atoms with E-state index in [2.05, 4.69) is 33.7 Å². The fraction of sp³-hybridized carbons (Fsp3) is 0.292. The molecule has 0 aliphatic carbocycles. The summed E-state index contributed by atoms with van der Waals surface area (Å²) < 4.78 is 7.12. The number of benzene rings is 1. The Bertz CT molecular complexity index is 1300. The van der Waals surface area contributed by atoms with Crippen molar-refractivity contribution in [3.63, 3.8) is 0 Å². The van der Waals surface area contributed by atoms with Gasteiger partial charge in [0.05, 0.1) is 30.0 Å². The lowest BCUT2D eigenvalue weighted by molar-refractivity contribution is 0.0691. The van der Waals surface area contributed by atoms with Crippen molar-refractivity contribution in [2.45, 2.75) is 19.8 Å². The van der Waals surface area contributed by atoms with Crippen LogP contribution in [0.3, 0.4) is 0 Å². The highest BCUT2D eigenvalue weighted by Gasteiger charge is 2.23. The molecule has 1 aliphatic heterocycles. The second-order valence-corrected chi connectivity index (χ2v) is 8.22. The summed E-state index contributed by atoms with van der Waals surface area (Å²) in [7, 11) is 0. The molecule has 0 unspecified atom stereocenters. The minimum Gasteiger partial charge on any atom is -0.477 e. The summed E-state index contributed by atoms with van der Waals surface area (Å²) >= 11 is 0. The van der Waals surface area contributed by atoms with E-state index in [0.29, 0.717) is 30.4 Å². The fourth-order valence-electron chi connectivity index (χ4n) is 4.02. The highest BCUT2D eigenvalue weighted by Crippen LogP contribution is 2.35. The molecule has 0 saturated carbocycles. The van der Waals surface area contributed by atoms with Gasteiger partial charge in [0.1, 0.15) is 0 Å². The van der Waals surface area contributed by atoms with Gasteiger partial charge < -0.3 is 14.7 Å². The number of morpholine rings is 1. The van der Waals surface area contributed by atoms with Gasteiger partial charge in [0.2, 0.25) is 5.95 Å². The Labute approximate surface area is 190 Å². The van der Waals surface area contributed by atoms with E-state index in [1.54, 1.807) is 23.1 Å². The topological polar surface area (TPSA) is 106 Å². The molecule has 3 aromatic heterocycles. The first-order valence-electron chi connectivity index (χ1n) is 10.9. The third kappa shape index (κ3) is 3.91. The molecule has 4 aromatic rings. The van der Waals surface area contributed by atoms with Gasteiger partial charge >= 0.3 is 5.97 Å². The molecule has 0 spiro atoms. The molecule has 1 N–H and O–H groups in total. The summed E-state index contributed by atoms with van der Waals surface area (Å²) in [4.78, 5) is 27.6. The molecule has 1 fully saturated rings. The Morgan fingerprint density at radius 1 is 1.09 bits per heavy atom. The number of hydrogen-bond acceptors (Lipinski definition) is 7. The van der Waals surface area contributed by atoms with Gasteiger partial charge in [-0.3, -0.25) is 0 Å². The van der Waals surface area contributed by atoms with Crippen LogP contribution in [0.15, 0.2) is 48.8 Å². The SMILES string of the molecule is CC(C)c1nn(-c2ccccc2)c2nc(C(=O)O)cc(-c3cnc(N4CCOCC4)nc3)c12. The molecule has 33 heavy (non-hydrogen) atoms. The lowest BCUT2D eigenvalue weighted by Gasteiger charge is -2.26. The average Bonchev–Trinajstić information content (AvgIpc) is 3.25. The Kier molecular flexibility index (Phi) is 5.47. The van der Waals surface area contributed by atoms with Crippen molar-refractivity contribution in [3.05, 3.63) is 60.2 Å². The second-order valence-electron chi connectivity index (χ2n) is 8.22. The highest BCUT2D eigenvalue weighted by atomic mass is 16.5. The van der Waals surface area contributed by atoms with Gasteiger partial charge in [-0.05, 0) is 24.1 Å². The van der Waals surface area contributed by atoms with Gasteiger partial charge in [-0.25, -0.2) is 24.4 Å². The van der Waals surface area contributed by atoms with Crippen LogP contribution < -0.4 is 4.90 Å². The number of ether oxygens (including phenoxy) is 1. The zero-order valence-electron chi connectivity index (χ0n) is 18.5. The zero-order valence-corrected chi connectivity index (χ0v) is 18.5. The van der Waals surface area contributed by atoms with Crippen molar-refractivity contribution in [1.82, 2.24) is 24.7 Å². The van der Waals surface area contributed by atoms with E-state index in [0.717, 1.165) is 35.4 Å². The highest BCUT2D eigenvalue weighted by molar-refractivity contribution is 6.00. The number of aromatic carboxylic acids is 1. The molecule has 0 amide bonds. The average molecular weight is 444 g/mol. The van der Waals surface area contributed by atoms with Crippen molar-refractivity contribution >= 4 is 23.0 Å². The molecule has 9 heteroatoms. The van der Waals surface area contributed by atoms with Crippen molar-refractivity contribution in [3.8, 4) is 16.8 Å². The molecular weight excluding hydrogens is 420 g/mol. The maximum Gasteiger partial charge on any atom is 0.354 e. The fourth-order valence-corrected chi connectivity index (χ4v) is 4.02. The summed E-state index contributed by atoms with van der Waals surface area (Å²) in [5.41, 5.74) is 3.52. The maximum atomic E-state index is 11.9. The van der Waals surface area contributed by atoms with E-state index < -0.39 is 5.97 Å². The number of fused-ring (bicyclic) bond motifs is 1. The van der Waals surface area contributed by atoms with Crippen LogP contribution in [0, 0.1) is 0 Å². The molecule has 1 saturated heterocycles. The van der Waals surface area contributed by atoms with E-state index >= 15 is 0 Å². The van der Waals surface area contributed by atoms with Crippen molar-refractivity contribution in [2.24, 2.45) is 0 Å². The van der Waals surface area contributed by atoms with Crippen LogP contribution in [0.1, 0.15) is 35.9 Å². The monoisotopic (exact) mass is 444 g/mol. The second kappa shape index (κ2) is 8.59. The lowest BCUT2D eigenvalue weighted by Crippen LogP contribution is -2.37. The van der Waals surface area contributed by atoms with Gasteiger partial charge in [-0.2, -0.15) is 5.10 Å². The molecule has 9 nitrogen and oxygen atoms in total. The number of carbonyl (C=O) groups is 1. The number of rotatable bonds is 5. The number of anilines is 1. The van der Waals surface area contributed by atoms with Crippen molar-refractivity contribution < 1.29 is 14.6 Å². The van der Waals surface area contributed by atoms with Crippen LogP contribution in [0.5, 0.6) is 0 Å². The van der Waals surface area contributed by atoms with Gasteiger partial charge in [0.25, 0.3) is 0 Å². The lowest BCUT2D eigenvalue weighted by atomic mass is 9.99. The van der Waals surface area contributed by atoms with Gasteiger partial charge in [0, 0.05) is 36.6 Å². The number of para-hydroxylation sites is 1. The van der Waals surface area contributed by atoms with E-state index in [1.807, 2.05) is 30.3 Å². The van der Waals surface area contributed by atoms with Gasteiger partial charge in [0.15, 0.2) is 11.3 Å². The normalized spacial score (nSPS) is 14.2. The summed E-state index contributed by atoms with van der Waals surface area (Å²) in [6.45, 7) is 6.89. The molecule has 168 valence electrons. The first kappa shape index (κ1) is 21.0. The smallest absolute Gasteiger partial charge is 0.354 e. The number of pyridine rings is 1. The Balaban J connectivity index is 1.71. The minimum atomic E-state index is -1.10. The first-order chi connectivity index (χ1) is 16.0. The van der Waals surface area contributed by atoms with E-state index in [1.165, 1.54) is 0 Å². The molecule has 4 heterocycles. The number of aromatic nitrogens is 5. The van der Waals surface area contributed by atoms with Gasteiger partial charge in [-0.15, -0.1) is 0 Å². The number of nitrogens with zero attached hydrogens (tertiary/aromatic N) is 6. The van der Waals surface area contributed by atoms with Crippen LogP contribution in [0.25, 0.3) is 27.8 Å². The predicted octanol–water partition coefficient (Wildman–Crippen LogP) is 3.54. The summed E-state index contributed by atoms with van der Waals surface area (Å²) in [6, 6.07) is 11.2. The standard InChI is InChI=1S/C24H24N6O3/c1-15(2)21-20-18(16-13-25-24(26-14-16)29-8-10-33-11-9-29)12-19(23(31)32)27-22(20)30(28-21)17-6-4-3-5-7-17/h3-7,12-15H,8-11H2,1-2H3,(H,31,32). The third-order valence-corrected chi connectivity index (χ3v) is 5.67. The van der Waals surface area contributed by atoms with Crippen LogP contribution in [0.4, 0.5) is 5.95 Å². The molecular formula is C24H24N6O3. The zero-order chi connectivity index (χ0) is 22.9. The van der Waals surface area contributed by atoms with E-state index in [-0.39, 0.29) is 11.6 Å². The Hall–Kier alpha value is -3.85. The Morgan fingerprint density at radius 2 is 1.79 bits per heavy atom. The first-order valence-corrected chi connectivity index (χ1v) is 10.9. The van der Waals surface area contributed by atoms with Crippen molar-refractivity contribution in [1.29, 1.82) is 0 Å². The summed E-state index contributed by atoms with van der Waals surface area (Å²) in [5.74, 6) is -0.368.